The largest absolute Gasteiger partial charge is 0.416 e. The minimum absolute atomic E-state index is 0.0747. The maximum atomic E-state index is 12.5. The Balaban J connectivity index is 1.99. The molecule has 0 aliphatic heterocycles. The van der Waals surface area contributed by atoms with Crippen LogP contribution in [0, 0.1) is 0 Å². The fourth-order valence-corrected chi connectivity index (χ4v) is 2.00. The van der Waals surface area contributed by atoms with Gasteiger partial charge in [-0.2, -0.15) is 13.2 Å². The molecule has 0 aliphatic carbocycles. The average Bonchev–Trinajstić information content (AvgIpc) is 2.91. The average molecular weight is 298 g/mol. The predicted octanol–water partition coefficient (Wildman–Crippen LogP) is 3.17. The summed E-state index contributed by atoms with van der Waals surface area (Å²) in [6.45, 7) is 5.18. The van der Waals surface area contributed by atoms with Crippen molar-refractivity contribution in [2.24, 2.45) is 0 Å². The molecular weight excluding hydrogens is 281 g/mol. The quantitative estimate of drug-likeness (QED) is 0.922. The van der Waals surface area contributed by atoms with Gasteiger partial charge in [-0.05, 0) is 31.5 Å². The summed E-state index contributed by atoms with van der Waals surface area (Å²) < 4.78 is 39.4. The third kappa shape index (κ3) is 3.81. The summed E-state index contributed by atoms with van der Waals surface area (Å²) in [4.78, 5) is 0. The number of nitrogens with zero attached hydrogens (tertiary/aromatic N) is 3. The van der Waals surface area contributed by atoms with Crippen molar-refractivity contribution in [1.82, 2.24) is 20.1 Å². The van der Waals surface area contributed by atoms with Crippen LogP contribution in [-0.2, 0) is 19.3 Å². The van der Waals surface area contributed by atoms with E-state index in [0.717, 1.165) is 30.1 Å². The van der Waals surface area contributed by atoms with Gasteiger partial charge in [-0.25, -0.2) is 0 Å². The first-order valence-corrected chi connectivity index (χ1v) is 6.69. The van der Waals surface area contributed by atoms with Crippen LogP contribution in [0.4, 0.5) is 13.2 Å². The molecule has 7 heteroatoms. The molecule has 1 atom stereocenters. The summed E-state index contributed by atoms with van der Waals surface area (Å²) in [6.07, 6.45) is -2.65. The Morgan fingerprint density at radius 1 is 1.24 bits per heavy atom. The molecular formula is C14H17F3N4. The van der Waals surface area contributed by atoms with Crippen LogP contribution >= 0.6 is 0 Å². The van der Waals surface area contributed by atoms with Crippen molar-refractivity contribution in [1.29, 1.82) is 0 Å². The number of nitrogens with one attached hydrogen (secondary N) is 1. The van der Waals surface area contributed by atoms with Crippen LogP contribution < -0.4 is 5.32 Å². The smallest absolute Gasteiger partial charge is 0.317 e. The van der Waals surface area contributed by atoms with Crippen molar-refractivity contribution in [3.05, 3.63) is 47.5 Å². The van der Waals surface area contributed by atoms with Crippen molar-refractivity contribution in [2.45, 2.75) is 39.2 Å². The molecule has 0 spiro atoms. The minimum Gasteiger partial charge on any atom is -0.317 e. The maximum Gasteiger partial charge on any atom is 0.416 e. The zero-order valence-electron chi connectivity index (χ0n) is 11.9. The third-order valence-electron chi connectivity index (χ3n) is 3.34. The van der Waals surface area contributed by atoms with Crippen molar-refractivity contribution in [3.63, 3.8) is 0 Å². The molecule has 114 valence electrons. The van der Waals surface area contributed by atoms with Crippen LogP contribution in [0.15, 0.2) is 30.6 Å². The van der Waals surface area contributed by atoms with Gasteiger partial charge in [0, 0.05) is 12.6 Å². The van der Waals surface area contributed by atoms with E-state index >= 15 is 0 Å². The minimum atomic E-state index is -4.30. The molecule has 0 fully saturated rings. The summed E-state index contributed by atoms with van der Waals surface area (Å²) in [7, 11) is 0. The molecule has 0 saturated heterocycles. The molecule has 2 rings (SSSR count). The number of alkyl halides is 3. The standard InChI is InChI=1S/C14H17F3N4/c1-3-21-9-19-20-13(21)8-18-10(2)11-4-6-12(7-5-11)14(15,16)17/h4-7,9-10,18H,3,8H2,1-2H3. The van der Waals surface area contributed by atoms with E-state index in [4.69, 9.17) is 0 Å². The molecule has 0 amide bonds. The SMILES string of the molecule is CCn1cnnc1CNC(C)c1ccc(C(F)(F)F)cc1. The number of hydrogen-bond acceptors (Lipinski definition) is 3. The number of rotatable bonds is 5. The van der Waals surface area contributed by atoms with E-state index in [2.05, 4.69) is 15.5 Å². The van der Waals surface area contributed by atoms with Crippen molar-refractivity contribution < 1.29 is 13.2 Å². The number of aromatic nitrogens is 3. The number of benzene rings is 1. The van der Waals surface area contributed by atoms with E-state index in [1.165, 1.54) is 12.1 Å². The van der Waals surface area contributed by atoms with Gasteiger partial charge in [0.1, 0.15) is 12.2 Å². The second kappa shape index (κ2) is 6.26. The summed E-state index contributed by atoms with van der Waals surface area (Å²) in [5.41, 5.74) is 0.162. The van der Waals surface area contributed by atoms with Crippen LogP contribution in [0.25, 0.3) is 0 Å². The molecule has 1 aromatic carbocycles. The topological polar surface area (TPSA) is 42.7 Å². The van der Waals surface area contributed by atoms with Crippen molar-refractivity contribution in [2.75, 3.05) is 0 Å². The molecule has 4 nitrogen and oxygen atoms in total. The van der Waals surface area contributed by atoms with Crippen LogP contribution in [0.2, 0.25) is 0 Å². The number of aryl methyl sites for hydroxylation is 1. The lowest BCUT2D eigenvalue weighted by atomic mass is 10.1. The van der Waals surface area contributed by atoms with Crippen molar-refractivity contribution in [3.8, 4) is 0 Å². The van der Waals surface area contributed by atoms with Gasteiger partial charge in [0.15, 0.2) is 0 Å². The Bertz CT molecular complexity index is 575. The highest BCUT2D eigenvalue weighted by Crippen LogP contribution is 2.29. The lowest BCUT2D eigenvalue weighted by Crippen LogP contribution is -2.20. The first kappa shape index (κ1) is 15.5. The Morgan fingerprint density at radius 3 is 2.48 bits per heavy atom. The van der Waals surface area contributed by atoms with Crippen LogP contribution in [0.1, 0.15) is 36.8 Å². The van der Waals surface area contributed by atoms with E-state index in [1.807, 2.05) is 18.4 Å². The molecule has 1 N–H and O–H groups in total. The van der Waals surface area contributed by atoms with E-state index in [9.17, 15) is 13.2 Å². The molecule has 1 unspecified atom stereocenters. The van der Waals surface area contributed by atoms with Gasteiger partial charge in [-0.1, -0.05) is 12.1 Å². The van der Waals surface area contributed by atoms with E-state index < -0.39 is 11.7 Å². The number of halogens is 3. The third-order valence-corrected chi connectivity index (χ3v) is 3.34. The van der Waals surface area contributed by atoms with E-state index in [-0.39, 0.29) is 6.04 Å². The van der Waals surface area contributed by atoms with Gasteiger partial charge in [0.2, 0.25) is 0 Å². The van der Waals surface area contributed by atoms with Gasteiger partial charge in [0.05, 0.1) is 12.1 Å². The van der Waals surface area contributed by atoms with Gasteiger partial charge < -0.3 is 9.88 Å². The Hall–Kier alpha value is -1.89. The molecule has 0 bridgehead atoms. The second-order valence-corrected chi connectivity index (χ2v) is 4.76. The highest BCUT2D eigenvalue weighted by atomic mass is 19.4. The summed E-state index contributed by atoms with van der Waals surface area (Å²) >= 11 is 0. The summed E-state index contributed by atoms with van der Waals surface area (Å²) in [5, 5.41) is 11.1. The first-order valence-electron chi connectivity index (χ1n) is 6.69. The van der Waals surface area contributed by atoms with E-state index in [1.54, 1.807) is 6.33 Å². The Morgan fingerprint density at radius 2 is 1.90 bits per heavy atom. The molecule has 21 heavy (non-hydrogen) atoms. The molecule has 0 radical (unpaired) electrons. The molecule has 2 aromatic rings. The monoisotopic (exact) mass is 298 g/mol. The fraction of sp³-hybridized carbons (Fsp3) is 0.429. The highest BCUT2D eigenvalue weighted by Gasteiger charge is 2.30. The summed E-state index contributed by atoms with van der Waals surface area (Å²) in [5.74, 6) is 0.802. The van der Waals surface area contributed by atoms with Crippen LogP contribution in [-0.4, -0.2) is 14.8 Å². The molecule has 0 saturated carbocycles. The molecule has 0 aliphatic rings. The van der Waals surface area contributed by atoms with Gasteiger partial charge in [-0.3, -0.25) is 0 Å². The van der Waals surface area contributed by atoms with Crippen molar-refractivity contribution >= 4 is 0 Å². The molecule has 1 heterocycles. The summed E-state index contributed by atoms with van der Waals surface area (Å²) in [6, 6.07) is 5.11. The zero-order valence-corrected chi connectivity index (χ0v) is 11.9. The lowest BCUT2D eigenvalue weighted by Gasteiger charge is -2.15. The number of hydrogen-bond donors (Lipinski definition) is 1. The normalized spacial score (nSPS) is 13.4. The molecule has 1 aromatic heterocycles. The zero-order chi connectivity index (χ0) is 15.5. The first-order chi connectivity index (χ1) is 9.91. The van der Waals surface area contributed by atoms with Crippen LogP contribution in [0.3, 0.4) is 0 Å². The van der Waals surface area contributed by atoms with Crippen LogP contribution in [0.5, 0.6) is 0 Å². The Labute approximate surface area is 121 Å². The predicted molar refractivity (Wildman–Crippen MR) is 72.4 cm³/mol. The highest BCUT2D eigenvalue weighted by molar-refractivity contribution is 5.26. The van der Waals surface area contributed by atoms with Gasteiger partial charge in [-0.15, -0.1) is 10.2 Å². The second-order valence-electron chi connectivity index (χ2n) is 4.76. The maximum absolute atomic E-state index is 12.5. The Kier molecular flexibility index (Phi) is 4.62. The van der Waals surface area contributed by atoms with Gasteiger partial charge in [0.25, 0.3) is 0 Å². The van der Waals surface area contributed by atoms with E-state index in [0.29, 0.717) is 6.54 Å². The fourth-order valence-electron chi connectivity index (χ4n) is 2.00. The lowest BCUT2D eigenvalue weighted by molar-refractivity contribution is -0.137. The van der Waals surface area contributed by atoms with Gasteiger partial charge >= 0.3 is 6.18 Å².